The Morgan fingerprint density at radius 3 is 2.63 bits per heavy atom. The zero-order valence-electron chi connectivity index (χ0n) is 17.6. The van der Waals surface area contributed by atoms with Crippen LogP contribution < -0.4 is 5.32 Å². The number of ether oxygens (including phenoxy) is 1. The largest absolute Gasteiger partial charge is 0.459 e. The summed E-state index contributed by atoms with van der Waals surface area (Å²) in [7, 11) is 1.76. The molecule has 2 aliphatic rings. The van der Waals surface area contributed by atoms with Crippen molar-refractivity contribution < 1.29 is 18.3 Å². The van der Waals surface area contributed by atoms with E-state index in [4.69, 9.17) is 9.15 Å². The molecule has 162 valence electrons. The number of nitrogens with one attached hydrogen (secondary N) is 1. The molecule has 1 aromatic carbocycles. The third-order valence-electron chi connectivity index (χ3n) is 6.08. The van der Waals surface area contributed by atoms with Gasteiger partial charge in [-0.1, -0.05) is 0 Å². The van der Waals surface area contributed by atoms with Gasteiger partial charge in [0.1, 0.15) is 17.2 Å². The maximum Gasteiger partial charge on any atom is 0.225 e. The summed E-state index contributed by atoms with van der Waals surface area (Å²) in [5.74, 6) is 1.62. The molecule has 1 aromatic heterocycles. The third-order valence-corrected chi connectivity index (χ3v) is 6.08. The van der Waals surface area contributed by atoms with Gasteiger partial charge in [-0.3, -0.25) is 9.79 Å². The molecule has 0 unspecified atom stereocenters. The molecule has 0 saturated carbocycles. The van der Waals surface area contributed by atoms with E-state index in [9.17, 15) is 9.18 Å². The van der Waals surface area contributed by atoms with E-state index < -0.39 is 0 Å². The fraction of sp³-hybridized carbons (Fsp3) is 0.545. The number of amides is 1. The Morgan fingerprint density at radius 1 is 1.20 bits per heavy atom. The fourth-order valence-electron chi connectivity index (χ4n) is 4.28. The zero-order chi connectivity index (χ0) is 21.1. The van der Waals surface area contributed by atoms with E-state index in [1.807, 2.05) is 11.8 Å². The van der Waals surface area contributed by atoms with Crippen LogP contribution in [0, 0.1) is 18.7 Å². The quantitative estimate of drug-likeness (QED) is 0.615. The Kier molecular flexibility index (Phi) is 6.22. The molecule has 0 spiro atoms. The van der Waals surface area contributed by atoms with Crippen LogP contribution in [0.5, 0.6) is 0 Å². The number of fused-ring (bicyclic) bond motifs is 1. The Morgan fingerprint density at radius 2 is 1.93 bits per heavy atom. The van der Waals surface area contributed by atoms with Crippen molar-refractivity contribution in [2.45, 2.75) is 26.3 Å². The van der Waals surface area contributed by atoms with Crippen LogP contribution in [0.1, 0.15) is 24.2 Å². The summed E-state index contributed by atoms with van der Waals surface area (Å²) in [6.07, 6.45) is 1.64. The lowest BCUT2D eigenvalue weighted by molar-refractivity contribution is -0.140. The van der Waals surface area contributed by atoms with Crippen LogP contribution in [0.15, 0.2) is 27.6 Å². The highest BCUT2D eigenvalue weighted by molar-refractivity contribution is 5.83. The van der Waals surface area contributed by atoms with Crippen LogP contribution in [0.25, 0.3) is 11.0 Å². The number of likely N-dealkylation sites (tertiary alicyclic amines) is 1. The van der Waals surface area contributed by atoms with Crippen LogP contribution in [-0.2, 0) is 16.1 Å². The van der Waals surface area contributed by atoms with Gasteiger partial charge in [0.15, 0.2) is 5.96 Å². The van der Waals surface area contributed by atoms with E-state index in [-0.39, 0.29) is 17.6 Å². The normalized spacial score (nSPS) is 18.8. The Labute approximate surface area is 175 Å². The summed E-state index contributed by atoms with van der Waals surface area (Å²) in [6.45, 7) is 6.64. The topological polar surface area (TPSA) is 70.3 Å². The second-order valence-electron chi connectivity index (χ2n) is 7.89. The SMILES string of the molecule is CN=C(NCc1oc2ccc(F)cc2c1C)N1CCC(C(=O)N2CCOCC2)CC1. The minimum absolute atomic E-state index is 0.0740. The predicted octanol–water partition coefficient (Wildman–Crippen LogP) is 2.53. The lowest BCUT2D eigenvalue weighted by Gasteiger charge is -2.36. The molecule has 0 radical (unpaired) electrons. The number of aliphatic imine (C=N–C) groups is 1. The first kappa shape index (κ1) is 20.7. The number of carbonyl (C=O) groups is 1. The molecule has 7 nitrogen and oxygen atoms in total. The number of morpholine rings is 1. The molecule has 0 bridgehead atoms. The van der Waals surface area contributed by atoms with Crippen LogP contribution in [0.2, 0.25) is 0 Å². The molecule has 1 N–H and O–H groups in total. The van der Waals surface area contributed by atoms with Crippen molar-refractivity contribution in [2.75, 3.05) is 46.4 Å². The molecule has 3 heterocycles. The number of rotatable bonds is 3. The second kappa shape index (κ2) is 9.04. The van der Waals surface area contributed by atoms with Gasteiger partial charge in [-0.15, -0.1) is 0 Å². The molecular formula is C22H29FN4O3. The number of furan rings is 1. The summed E-state index contributed by atoms with van der Waals surface area (Å²) >= 11 is 0. The van der Waals surface area contributed by atoms with Crippen molar-refractivity contribution in [1.82, 2.24) is 15.1 Å². The number of halogens is 1. The Bertz CT molecular complexity index is 928. The van der Waals surface area contributed by atoms with Gasteiger partial charge in [0.05, 0.1) is 19.8 Å². The summed E-state index contributed by atoms with van der Waals surface area (Å²) in [5, 5.41) is 4.15. The van der Waals surface area contributed by atoms with E-state index in [2.05, 4.69) is 15.2 Å². The van der Waals surface area contributed by atoms with Crippen LogP contribution >= 0.6 is 0 Å². The highest BCUT2D eigenvalue weighted by Gasteiger charge is 2.30. The molecule has 2 fully saturated rings. The van der Waals surface area contributed by atoms with E-state index in [1.54, 1.807) is 13.1 Å². The zero-order valence-corrected chi connectivity index (χ0v) is 17.6. The van der Waals surface area contributed by atoms with Gasteiger partial charge >= 0.3 is 0 Å². The van der Waals surface area contributed by atoms with Crippen LogP contribution in [-0.4, -0.2) is 68.1 Å². The molecule has 2 aromatic rings. The number of hydrogen-bond donors (Lipinski definition) is 1. The average molecular weight is 416 g/mol. The van der Waals surface area contributed by atoms with E-state index in [1.165, 1.54) is 12.1 Å². The van der Waals surface area contributed by atoms with Crippen molar-refractivity contribution in [2.24, 2.45) is 10.9 Å². The van der Waals surface area contributed by atoms with E-state index >= 15 is 0 Å². The van der Waals surface area contributed by atoms with Crippen molar-refractivity contribution in [3.05, 3.63) is 35.3 Å². The average Bonchev–Trinajstić information content (AvgIpc) is 3.10. The minimum atomic E-state index is -0.267. The molecule has 1 amide bonds. The minimum Gasteiger partial charge on any atom is -0.459 e. The summed E-state index contributed by atoms with van der Waals surface area (Å²) < 4.78 is 24.8. The Hall–Kier alpha value is -2.61. The van der Waals surface area contributed by atoms with Gasteiger partial charge in [0, 0.05) is 50.1 Å². The molecule has 4 rings (SSSR count). The third kappa shape index (κ3) is 4.28. The van der Waals surface area contributed by atoms with Gasteiger partial charge in [-0.2, -0.15) is 0 Å². The highest BCUT2D eigenvalue weighted by Crippen LogP contribution is 2.26. The molecule has 2 aliphatic heterocycles. The number of piperidine rings is 1. The maximum absolute atomic E-state index is 13.5. The van der Waals surface area contributed by atoms with Crippen LogP contribution in [0.4, 0.5) is 4.39 Å². The number of carbonyl (C=O) groups excluding carboxylic acids is 1. The first-order valence-corrected chi connectivity index (χ1v) is 10.6. The predicted molar refractivity (Wildman–Crippen MR) is 113 cm³/mol. The lowest BCUT2D eigenvalue weighted by Crippen LogP contribution is -2.49. The first-order chi connectivity index (χ1) is 14.6. The summed E-state index contributed by atoms with van der Waals surface area (Å²) in [6, 6.07) is 4.57. The van der Waals surface area contributed by atoms with E-state index in [0.29, 0.717) is 38.4 Å². The standard InChI is InChI=1S/C22H29FN4O3/c1-15-18-13-17(23)3-4-19(18)30-20(15)14-25-22(24-2)27-7-5-16(6-8-27)21(28)26-9-11-29-12-10-26/h3-4,13,16H,5-12,14H2,1-2H3,(H,24,25). The van der Waals surface area contributed by atoms with Crippen molar-refractivity contribution in [3.63, 3.8) is 0 Å². The number of hydrogen-bond acceptors (Lipinski definition) is 4. The molecule has 0 aliphatic carbocycles. The smallest absolute Gasteiger partial charge is 0.225 e. The van der Waals surface area contributed by atoms with Crippen molar-refractivity contribution in [3.8, 4) is 0 Å². The number of aryl methyl sites for hydroxylation is 1. The van der Waals surface area contributed by atoms with Gasteiger partial charge in [-0.05, 0) is 38.0 Å². The molecule has 8 heteroatoms. The lowest BCUT2D eigenvalue weighted by atomic mass is 9.95. The summed E-state index contributed by atoms with van der Waals surface area (Å²) in [5.41, 5.74) is 1.62. The van der Waals surface area contributed by atoms with Crippen molar-refractivity contribution in [1.29, 1.82) is 0 Å². The molecule has 0 atom stereocenters. The van der Waals surface area contributed by atoms with Gasteiger partial charge in [-0.25, -0.2) is 4.39 Å². The monoisotopic (exact) mass is 416 g/mol. The second-order valence-corrected chi connectivity index (χ2v) is 7.89. The van der Waals surface area contributed by atoms with E-state index in [0.717, 1.165) is 48.6 Å². The van der Waals surface area contributed by atoms with Gasteiger partial charge < -0.3 is 24.3 Å². The van der Waals surface area contributed by atoms with Crippen molar-refractivity contribution >= 4 is 22.8 Å². The molecule has 30 heavy (non-hydrogen) atoms. The number of guanidine groups is 1. The maximum atomic E-state index is 13.5. The number of benzene rings is 1. The summed E-state index contributed by atoms with van der Waals surface area (Å²) in [4.78, 5) is 21.2. The fourth-order valence-corrected chi connectivity index (χ4v) is 4.28. The first-order valence-electron chi connectivity index (χ1n) is 10.6. The van der Waals surface area contributed by atoms with Gasteiger partial charge in [0.25, 0.3) is 0 Å². The molecular weight excluding hydrogens is 387 g/mol. The van der Waals surface area contributed by atoms with Crippen LogP contribution in [0.3, 0.4) is 0 Å². The molecule has 2 saturated heterocycles. The van der Waals surface area contributed by atoms with Gasteiger partial charge in [0.2, 0.25) is 5.91 Å². The highest BCUT2D eigenvalue weighted by atomic mass is 19.1. The number of nitrogens with zero attached hydrogens (tertiary/aromatic N) is 3. The Balaban J connectivity index is 1.33.